The Morgan fingerprint density at radius 3 is 2.44 bits per heavy atom. The molecule has 1 nitrogen and oxygen atoms in total. The van der Waals surface area contributed by atoms with E-state index < -0.39 is 0 Å². The van der Waals surface area contributed by atoms with Gasteiger partial charge >= 0.3 is 0 Å². The summed E-state index contributed by atoms with van der Waals surface area (Å²) in [5.74, 6) is -0.262. The second kappa shape index (κ2) is 5.83. The van der Waals surface area contributed by atoms with Gasteiger partial charge in [0.1, 0.15) is 5.82 Å². The fourth-order valence-corrected chi connectivity index (χ4v) is 2.52. The van der Waals surface area contributed by atoms with Crippen molar-refractivity contribution >= 4 is 27.5 Å². The first kappa shape index (κ1) is 13.5. The summed E-state index contributed by atoms with van der Waals surface area (Å²) in [5.41, 5.74) is 1.90. The van der Waals surface area contributed by atoms with Crippen molar-refractivity contribution < 1.29 is 4.39 Å². The van der Waals surface area contributed by atoms with Crippen molar-refractivity contribution in [1.82, 2.24) is 5.32 Å². The third-order valence-electron chi connectivity index (χ3n) is 2.78. The van der Waals surface area contributed by atoms with Gasteiger partial charge in [0.15, 0.2) is 0 Å². The maximum atomic E-state index is 13.6. The minimum Gasteiger partial charge on any atom is -0.309 e. The molecule has 0 amide bonds. The summed E-state index contributed by atoms with van der Waals surface area (Å²) in [6.07, 6.45) is 0. The van der Waals surface area contributed by atoms with E-state index in [1.54, 1.807) is 6.07 Å². The number of hydrogen-bond acceptors (Lipinski definition) is 1. The zero-order valence-electron chi connectivity index (χ0n) is 9.75. The van der Waals surface area contributed by atoms with Crippen LogP contribution in [0.2, 0.25) is 5.02 Å². The average Bonchev–Trinajstić information content (AvgIpc) is 2.37. The van der Waals surface area contributed by atoms with Crippen LogP contribution >= 0.6 is 27.5 Å². The molecular weight excluding hydrogens is 317 g/mol. The minimum absolute atomic E-state index is 0.0765. The summed E-state index contributed by atoms with van der Waals surface area (Å²) >= 11 is 9.16. The summed E-state index contributed by atoms with van der Waals surface area (Å²) in [6.45, 7) is 0. The van der Waals surface area contributed by atoms with Crippen molar-refractivity contribution in [3.63, 3.8) is 0 Å². The molecule has 94 valence electrons. The van der Waals surface area contributed by atoms with Gasteiger partial charge in [-0.3, -0.25) is 0 Å². The Morgan fingerprint density at radius 2 is 1.83 bits per heavy atom. The highest BCUT2D eigenvalue weighted by atomic mass is 79.9. The summed E-state index contributed by atoms with van der Waals surface area (Å²) in [4.78, 5) is 0. The fraction of sp³-hybridized carbons (Fsp3) is 0.143. The highest BCUT2D eigenvalue weighted by Gasteiger charge is 2.16. The molecule has 0 aliphatic carbocycles. The van der Waals surface area contributed by atoms with Gasteiger partial charge in [-0.25, -0.2) is 4.39 Å². The summed E-state index contributed by atoms with van der Waals surface area (Å²) in [5, 5.41) is 3.87. The van der Waals surface area contributed by atoms with Crippen LogP contribution in [0.25, 0.3) is 0 Å². The van der Waals surface area contributed by atoms with Crippen LogP contribution in [-0.2, 0) is 0 Å². The molecule has 0 bridgehead atoms. The Labute approximate surface area is 119 Å². The van der Waals surface area contributed by atoms with Crippen LogP contribution in [0.3, 0.4) is 0 Å². The van der Waals surface area contributed by atoms with Crippen molar-refractivity contribution in [2.45, 2.75) is 6.04 Å². The van der Waals surface area contributed by atoms with Crippen LogP contribution in [0.1, 0.15) is 17.2 Å². The standard InChI is InChI=1S/C14H12BrClFN/c1-18-14(9-5-7-10(16)8-6-9)11-3-2-4-12(17)13(11)15/h2-8,14,18H,1H3. The lowest BCUT2D eigenvalue weighted by molar-refractivity contribution is 0.608. The van der Waals surface area contributed by atoms with Crippen LogP contribution in [0.5, 0.6) is 0 Å². The Hall–Kier alpha value is -0.900. The van der Waals surface area contributed by atoms with Crippen LogP contribution in [0, 0.1) is 5.82 Å². The SMILES string of the molecule is CNC(c1ccc(Cl)cc1)c1cccc(F)c1Br. The lowest BCUT2D eigenvalue weighted by Gasteiger charge is -2.19. The molecule has 2 aromatic carbocycles. The Morgan fingerprint density at radius 1 is 1.17 bits per heavy atom. The van der Waals surface area contributed by atoms with Crippen LogP contribution in [0.4, 0.5) is 4.39 Å². The van der Waals surface area contributed by atoms with E-state index in [4.69, 9.17) is 11.6 Å². The zero-order chi connectivity index (χ0) is 13.1. The monoisotopic (exact) mass is 327 g/mol. The van der Waals surface area contributed by atoms with E-state index in [2.05, 4.69) is 21.2 Å². The van der Waals surface area contributed by atoms with Crippen molar-refractivity contribution in [3.8, 4) is 0 Å². The van der Waals surface area contributed by atoms with Gasteiger partial charge in [0.2, 0.25) is 0 Å². The number of nitrogens with one attached hydrogen (secondary N) is 1. The number of rotatable bonds is 3. The molecule has 0 aliphatic heterocycles. The van der Waals surface area contributed by atoms with Gasteiger partial charge in [-0.05, 0) is 52.3 Å². The number of hydrogen-bond donors (Lipinski definition) is 1. The number of benzene rings is 2. The van der Waals surface area contributed by atoms with E-state index in [1.165, 1.54) is 6.07 Å². The van der Waals surface area contributed by atoms with E-state index in [-0.39, 0.29) is 11.9 Å². The topological polar surface area (TPSA) is 12.0 Å². The first-order valence-corrected chi connectivity index (χ1v) is 6.67. The van der Waals surface area contributed by atoms with Crippen LogP contribution in [-0.4, -0.2) is 7.05 Å². The molecule has 0 radical (unpaired) electrons. The van der Waals surface area contributed by atoms with E-state index >= 15 is 0 Å². The zero-order valence-corrected chi connectivity index (χ0v) is 12.1. The molecule has 0 saturated carbocycles. The van der Waals surface area contributed by atoms with E-state index in [0.717, 1.165) is 11.1 Å². The molecular formula is C14H12BrClFN. The molecule has 2 aromatic rings. The molecule has 0 aromatic heterocycles. The number of halogens is 3. The van der Waals surface area contributed by atoms with Gasteiger partial charge < -0.3 is 5.32 Å². The second-order valence-electron chi connectivity index (χ2n) is 3.92. The van der Waals surface area contributed by atoms with Crippen molar-refractivity contribution in [2.75, 3.05) is 7.05 Å². The Kier molecular flexibility index (Phi) is 4.38. The molecule has 0 aliphatic rings. The summed E-state index contributed by atoms with van der Waals surface area (Å²) in [7, 11) is 1.84. The molecule has 18 heavy (non-hydrogen) atoms. The molecule has 0 heterocycles. The van der Waals surface area contributed by atoms with Crippen LogP contribution < -0.4 is 5.32 Å². The highest BCUT2D eigenvalue weighted by molar-refractivity contribution is 9.10. The van der Waals surface area contributed by atoms with Gasteiger partial charge in [0.25, 0.3) is 0 Å². The Bertz CT molecular complexity index is 542. The highest BCUT2D eigenvalue weighted by Crippen LogP contribution is 2.30. The normalized spacial score (nSPS) is 12.4. The van der Waals surface area contributed by atoms with Crippen molar-refractivity contribution in [3.05, 3.63) is 68.9 Å². The van der Waals surface area contributed by atoms with Gasteiger partial charge in [-0.2, -0.15) is 0 Å². The summed E-state index contributed by atoms with van der Waals surface area (Å²) < 4.78 is 14.0. The first-order chi connectivity index (χ1) is 8.63. The van der Waals surface area contributed by atoms with Gasteiger partial charge in [-0.1, -0.05) is 35.9 Å². The molecule has 0 spiro atoms. The third-order valence-corrected chi connectivity index (χ3v) is 3.87. The Balaban J connectivity index is 2.45. The molecule has 4 heteroatoms. The molecule has 0 saturated heterocycles. The largest absolute Gasteiger partial charge is 0.309 e. The molecule has 1 N–H and O–H groups in total. The minimum atomic E-state index is -0.262. The molecule has 0 fully saturated rings. The van der Waals surface area contributed by atoms with Gasteiger partial charge in [0, 0.05) is 5.02 Å². The van der Waals surface area contributed by atoms with Crippen molar-refractivity contribution in [2.24, 2.45) is 0 Å². The van der Waals surface area contributed by atoms with Crippen molar-refractivity contribution in [1.29, 1.82) is 0 Å². The lowest BCUT2D eigenvalue weighted by atomic mass is 9.99. The fourth-order valence-electron chi connectivity index (χ4n) is 1.90. The predicted octanol–water partition coefficient (Wildman–Crippen LogP) is 4.55. The first-order valence-electron chi connectivity index (χ1n) is 5.50. The quantitative estimate of drug-likeness (QED) is 0.871. The van der Waals surface area contributed by atoms with E-state index in [0.29, 0.717) is 9.50 Å². The lowest BCUT2D eigenvalue weighted by Crippen LogP contribution is -2.18. The van der Waals surface area contributed by atoms with Gasteiger partial charge in [0.05, 0.1) is 10.5 Å². The summed E-state index contributed by atoms with van der Waals surface area (Å²) in [6, 6.07) is 12.5. The molecule has 2 rings (SSSR count). The van der Waals surface area contributed by atoms with E-state index in [9.17, 15) is 4.39 Å². The second-order valence-corrected chi connectivity index (χ2v) is 5.15. The maximum absolute atomic E-state index is 13.6. The smallest absolute Gasteiger partial charge is 0.137 e. The van der Waals surface area contributed by atoms with Crippen LogP contribution in [0.15, 0.2) is 46.9 Å². The average molecular weight is 329 g/mol. The van der Waals surface area contributed by atoms with Gasteiger partial charge in [-0.15, -0.1) is 0 Å². The maximum Gasteiger partial charge on any atom is 0.137 e. The predicted molar refractivity (Wildman–Crippen MR) is 76.5 cm³/mol. The van der Waals surface area contributed by atoms with E-state index in [1.807, 2.05) is 37.4 Å². The molecule has 1 unspecified atom stereocenters. The molecule has 1 atom stereocenters. The third kappa shape index (κ3) is 2.74.